The molecule has 0 aliphatic carbocycles. The number of rotatable bonds is 6. The van der Waals surface area contributed by atoms with Gasteiger partial charge in [0.2, 0.25) is 0 Å². The van der Waals surface area contributed by atoms with Gasteiger partial charge in [-0.05, 0) is 30.2 Å². The van der Waals surface area contributed by atoms with Crippen LogP contribution in [0.2, 0.25) is 0 Å². The highest BCUT2D eigenvalue weighted by Crippen LogP contribution is 2.07. The molecule has 3 nitrogen and oxygen atoms in total. The van der Waals surface area contributed by atoms with Crippen molar-refractivity contribution in [2.75, 3.05) is 11.9 Å². The van der Waals surface area contributed by atoms with Gasteiger partial charge in [0, 0.05) is 18.3 Å². The molecule has 0 saturated heterocycles. The van der Waals surface area contributed by atoms with Gasteiger partial charge >= 0.3 is 0 Å². The molecule has 17 heavy (non-hydrogen) atoms. The van der Waals surface area contributed by atoms with Crippen molar-refractivity contribution in [2.45, 2.75) is 6.42 Å². The van der Waals surface area contributed by atoms with Gasteiger partial charge in [0.1, 0.15) is 5.82 Å². The second-order valence-electron chi connectivity index (χ2n) is 3.45. The molecule has 1 aromatic heterocycles. The van der Waals surface area contributed by atoms with Gasteiger partial charge in [0.15, 0.2) is 0 Å². The van der Waals surface area contributed by atoms with Crippen molar-refractivity contribution in [1.29, 1.82) is 5.26 Å². The van der Waals surface area contributed by atoms with Crippen LogP contribution in [-0.2, 0) is 0 Å². The molecule has 1 heterocycles. The lowest BCUT2D eigenvalue weighted by Crippen LogP contribution is -2.03. The van der Waals surface area contributed by atoms with Gasteiger partial charge < -0.3 is 5.32 Å². The Morgan fingerprint density at radius 1 is 1.53 bits per heavy atom. The highest BCUT2D eigenvalue weighted by atomic mass is 15.0. The minimum atomic E-state index is 0.442. The molecule has 0 aliphatic heterocycles. The Bertz CT molecular complexity index is 452. The number of aromatic nitrogens is 1. The molecular formula is C14H15N3. The minimum absolute atomic E-state index is 0.442. The third-order valence-electron chi connectivity index (χ3n) is 2.15. The van der Waals surface area contributed by atoms with Gasteiger partial charge in [-0.2, -0.15) is 5.26 Å². The first-order valence-corrected chi connectivity index (χ1v) is 5.33. The zero-order chi connectivity index (χ0) is 12.5. The summed E-state index contributed by atoms with van der Waals surface area (Å²) in [6, 6.07) is 7.69. The fraction of sp³-hybridized carbons (Fsp3) is 0.143. The maximum atomic E-state index is 8.63. The van der Waals surface area contributed by atoms with Gasteiger partial charge in [-0.15, -0.1) is 0 Å². The first-order valence-electron chi connectivity index (χ1n) is 5.33. The number of hydrogen-bond acceptors (Lipinski definition) is 3. The van der Waals surface area contributed by atoms with E-state index in [0.29, 0.717) is 5.57 Å². The molecule has 1 N–H and O–H groups in total. The zero-order valence-corrected chi connectivity index (χ0v) is 9.69. The Morgan fingerprint density at radius 2 is 2.35 bits per heavy atom. The predicted octanol–water partition coefficient (Wildman–Crippen LogP) is 3.08. The quantitative estimate of drug-likeness (QED) is 0.598. The maximum absolute atomic E-state index is 8.63. The summed E-state index contributed by atoms with van der Waals surface area (Å²) in [5.41, 5.74) is 1.43. The zero-order valence-electron chi connectivity index (χ0n) is 9.69. The molecule has 0 aliphatic rings. The van der Waals surface area contributed by atoms with E-state index in [4.69, 9.17) is 5.26 Å². The standard InChI is InChI=1S/C14H15N3/c1-3-13(10-12(2)11-15)7-9-17-14-6-4-5-8-16-14/h3-6,8,10H,1-2,7,9H2,(H,16,17)/b13-10+. The summed E-state index contributed by atoms with van der Waals surface area (Å²) in [6.45, 7) is 8.06. The fourth-order valence-electron chi connectivity index (χ4n) is 1.29. The average Bonchev–Trinajstić information content (AvgIpc) is 2.38. The third-order valence-corrected chi connectivity index (χ3v) is 2.15. The summed E-state index contributed by atoms with van der Waals surface area (Å²) in [5.74, 6) is 0.843. The molecule has 0 spiro atoms. The Kier molecular flexibility index (Phi) is 5.26. The largest absolute Gasteiger partial charge is 0.370 e. The molecule has 86 valence electrons. The molecule has 0 amide bonds. The molecule has 1 rings (SSSR count). The van der Waals surface area contributed by atoms with E-state index in [1.807, 2.05) is 24.3 Å². The first-order chi connectivity index (χ1) is 8.26. The summed E-state index contributed by atoms with van der Waals surface area (Å²) >= 11 is 0. The summed E-state index contributed by atoms with van der Waals surface area (Å²) in [4.78, 5) is 4.15. The number of nitriles is 1. The molecule has 0 fully saturated rings. The molecule has 0 unspecified atom stereocenters. The number of anilines is 1. The van der Waals surface area contributed by atoms with Crippen LogP contribution in [0.4, 0.5) is 5.82 Å². The molecule has 0 bridgehead atoms. The van der Waals surface area contributed by atoms with Gasteiger partial charge in [-0.1, -0.05) is 25.3 Å². The summed E-state index contributed by atoms with van der Waals surface area (Å²) < 4.78 is 0. The van der Waals surface area contributed by atoms with Crippen molar-refractivity contribution < 1.29 is 0 Å². The maximum Gasteiger partial charge on any atom is 0.125 e. The molecule has 3 heteroatoms. The topological polar surface area (TPSA) is 48.7 Å². The van der Waals surface area contributed by atoms with Crippen LogP contribution in [0.15, 0.2) is 60.9 Å². The summed E-state index contributed by atoms with van der Waals surface area (Å²) in [6.07, 6.45) is 6.00. The van der Waals surface area contributed by atoms with Crippen LogP contribution < -0.4 is 5.32 Å². The molecule has 0 saturated carbocycles. The van der Waals surface area contributed by atoms with Crippen LogP contribution in [0.3, 0.4) is 0 Å². The molecule has 0 radical (unpaired) electrons. The second kappa shape index (κ2) is 7.02. The number of nitrogens with one attached hydrogen (secondary N) is 1. The molecular weight excluding hydrogens is 210 g/mol. The van der Waals surface area contributed by atoms with Gasteiger partial charge in [0.05, 0.1) is 6.07 Å². The summed E-state index contributed by atoms with van der Waals surface area (Å²) in [5, 5.41) is 11.8. The Morgan fingerprint density at radius 3 is 2.94 bits per heavy atom. The highest BCUT2D eigenvalue weighted by Gasteiger charge is 1.95. The van der Waals surface area contributed by atoms with Gasteiger partial charge in [-0.25, -0.2) is 4.98 Å². The lowest BCUT2D eigenvalue weighted by atomic mass is 10.1. The van der Waals surface area contributed by atoms with Crippen LogP contribution >= 0.6 is 0 Å². The van der Waals surface area contributed by atoms with E-state index in [-0.39, 0.29) is 0 Å². The molecule has 0 atom stereocenters. The molecule has 0 aromatic carbocycles. The highest BCUT2D eigenvalue weighted by molar-refractivity contribution is 5.37. The van der Waals surface area contributed by atoms with E-state index in [1.54, 1.807) is 18.3 Å². The second-order valence-corrected chi connectivity index (χ2v) is 3.45. The van der Waals surface area contributed by atoms with E-state index < -0.39 is 0 Å². The van der Waals surface area contributed by atoms with E-state index in [2.05, 4.69) is 23.5 Å². The van der Waals surface area contributed by atoms with Crippen molar-refractivity contribution in [3.8, 4) is 6.07 Å². The van der Waals surface area contributed by atoms with Crippen LogP contribution in [-0.4, -0.2) is 11.5 Å². The van der Waals surface area contributed by atoms with Crippen molar-refractivity contribution >= 4 is 5.82 Å². The Balaban J connectivity index is 2.45. The van der Waals surface area contributed by atoms with Crippen LogP contribution in [0.1, 0.15) is 6.42 Å². The van der Waals surface area contributed by atoms with Crippen LogP contribution in [0.5, 0.6) is 0 Å². The van der Waals surface area contributed by atoms with Crippen molar-refractivity contribution in [3.05, 3.63) is 60.9 Å². The van der Waals surface area contributed by atoms with Crippen molar-refractivity contribution in [1.82, 2.24) is 4.98 Å². The Labute approximate surface area is 102 Å². The predicted molar refractivity (Wildman–Crippen MR) is 70.4 cm³/mol. The van der Waals surface area contributed by atoms with E-state index >= 15 is 0 Å². The lowest BCUT2D eigenvalue weighted by molar-refractivity contribution is 1.01. The van der Waals surface area contributed by atoms with Gasteiger partial charge in [0.25, 0.3) is 0 Å². The summed E-state index contributed by atoms with van der Waals surface area (Å²) in [7, 11) is 0. The van der Waals surface area contributed by atoms with Crippen molar-refractivity contribution in [3.63, 3.8) is 0 Å². The number of allylic oxidation sites excluding steroid dienone is 3. The number of nitrogens with zero attached hydrogens (tertiary/aromatic N) is 2. The Hall–Kier alpha value is -2.34. The monoisotopic (exact) mass is 225 g/mol. The van der Waals surface area contributed by atoms with Crippen LogP contribution in [0, 0.1) is 11.3 Å². The smallest absolute Gasteiger partial charge is 0.125 e. The minimum Gasteiger partial charge on any atom is -0.370 e. The van der Waals surface area contributed by atoms with Crippen molar-refractivity contribution in [2.24, 2.45) is 0 Å². The number of hydrogen-bond donors (Lipinski definition) is 1. The van der Waals surface area contributed by atoms with Gasteiger partial charge in [-0.3, -0.25) is 0 Å². The molecule has 1 aromatic rings. The van der Waals surface area contributed by atoms with E-state index in [0.717, 1.165) is 24.4 Å². The fourth-order valence-corrected chi connectivity index (χ4v) is 1.29. The first kappa shape index (κ1) is 12.7. The van der Waals surface area contributed by atoms with E-state index in [1.165, 1.54) is 0 Å². The SMILES string of the molecule is C=C/C(=C\C(=C)C#N)CCNc1ccccn1. The van der Waals surface area contributed by atoms with Crippen LogP contribution in [0.25, 0.3) is 0 Å². The average molecular weight is 225 g/mol. The normalized spacial score (nSPS) is 10.4. The lowest BCUT2D eigenvalue weighted by Gasteiger charge is -2.05. The van der Waals surface area contributed by atoms with E-state index in [9.17, 15) is 0 Å². The number of pyridine rings is 1. The third kappa shape index (κ3) is 4.80.